The average molecular weight is 532 g/mol. The van der Waals surface area contributed by atoms with E-state index in [2.05, 4.69) is 29.4 Å². The zero-order valence-electron chi connectivity index (χ0n) is 18.9. The molecule has 0 aromatic heterocycles. The van der Waals surface area contributed by atoms with Gasteiger partial charge in [-0.1, -0.05) is 35.4 Å². The van der Waals surface area contributed by atoms with Crippen LogP contribution >= 0.6 is 27.7 Å². The number of carboxylic acids is 1. The van der Waals surface area contributed by atoms with E-state index in [1.807, 2.05) is 11.8 Å². The van der Waals surface area contributed by atoms with Crippen molar-refractivity contribution in [2.75, 3.05) is 19.7 Å². The van der Waals surface area contributed by atoms with Crippen LogP contribution in [0.3, 0.4) is 0 Å². The number of fused-ring (bicyclic) bond motifs is 1. The molecule has 7 atom stereocenters. The Morgan fingerprint density at radius 2 is 2.12 bits per heavy atom. The van der Waals surface area contributed by atoms with Gasteiger partial charge in [0.25, 0.3) is 0 Å². The molecule has 3 fully saturated rings. The summed E-state index contributed by atoms with van der Waals surface area (Å²) in [6, 6.07) is -0.668. The topological polar surface area (TPSA) is 98.2 Å². The molecule has 2 N–H and O–H groups in total. The number of carboxylic acid groups (broad SMARTS) is 1. The molecule has 32 heavy (non-hydrogen) atoms. The second-order valence-electron chi connectivity index (χ2n) is 9.23. The molecule has 3 rings (SSSR count). The van der Waals surface area contributed by atoms with E-state index in [0.29, 0.717) is 32.4 Å². The van der Waals surface area contributed by atoms with Crippen molar-refractivity contribution in [3.05, 3.63) is 12.7 Å². The third-order valence-corrected chi connectivity index (χ3v) is 10.4. The largest absolute Gasteiger partial charge is 0.481 e. The molecule has 0 aromatic carbocycles. The number of alkyl halides is 1. The maximum Gasteiger partial charge on any atom is 0.308 e. The Morgan fingerprint density at radius 3 is 2.72 bits per heavy atom. The predicted octanol–water partition coefficient (Wildman–Crippen LogP) is 2.90. The molecule has 2 amide bonds. The Bertz CT molecular complexity index is 752. The van der Waals surface area contributed by atoms with E-state index >= 15 is 0 Å². The van der Waals surface area contributed by atoms with Crippen LogP contribution in [0.4, 0.5) is 0 Å². The van der Waals surface area contributed by atoms with Crippen LogP contribution in [0.2, 0.25) is 0 Å². The summed E-state index contributed by atoms with van der Waals surface area (Å²) < 4.78 is -0.724. The van der Waals surface area contributed by atoms with Gasteiger partial charge in [0.1, 0.15) is 6.04 Å². The van der Waals surface area contributed by atoms with Gasteiger partial charge in [0.05, 0.1) is 16.6 Å². The number of hydrogen-bond donors (Lipinski definition) is 2. The fraction of sp³-hybridized carbons (Fsp3) is 0.783. The van der Waals surface area contributed by atoms with Gasteiger partial charge in [-0.2, -0.15) is 0 Å². The second kappa shape index (κ2) is 10.5. The molecular formula is C23H35BrN2O5S. The van der Waals surface area contributed by atoms with E-state index < -0.39 is 28.6 Å². The highest BCUT2D eigenvalue weighted by molar-refractivity contribution is 9.09. The van der Waals surface area contributed by atoms with Crippen molar-refractivity contribution in [3.8, 4) is 0 Å². The zero-order chi connectivity index (χ0) is 23.6. The first-order chi connectivity index (χ1) is 15.2. The number of aliphatic carboxylic acids is 1. The van der Waals surface area contributed by atoms with Crippen molar-refractivity contribution in [2.45, 2.75) is 79.3 Å². The smallest absolute Gasteiger partial charge is 0.308 e. The van der Waals surface area contributed by atoms with Crippen LogP contribution in [0.25, 0.3) is 0 Å². The van der Waals surface area contributed by atoms with Gasteiger partial charge in [0.15, 0.2) is 0 Å². The van der Waals surface area contributed by atoms with Crippen LogP contribution in [0.1, 0.15) is 52.4 Å². The lowest BCUT2D eigenvalue weighted by atomic mass is 9.71. The van der Waals surface area contributed by atoms with Crippen molar-refractivity contribution >= 4 is 45.5 Å². The summed E-state index contributed by atoms with van der Waals surface area (Å²) >= 11 is 5.20. The summed E-state index contributed by atoms with van der Waals surface area (Å²) in [5, 5.41) is 18.9. The average Bonchev–Trinajstić information content (AvgIpc) is 3.33. The lowest BCUT2D eigenvalue weighted by Gasteiger charge is -2.39. The molecule has 3 heterocycles. The summed E-state index contributed by atoms with van der Waals surface area (Å²) in [4.78, 5) is 43.4. The number of amides is 2. The maximum absolute atomic E-state index is 14.1. The molecule has 7 nitrogen and oxygen atoms in total. The Hall–Kier alpha value is -1.06. The quantitative estimate of drug-likeness (QED) is 0.228. The first-order valence-electron chi connectivity index (χ1n) is 11.6. The van der Waals surface area contributed by atoms with E-state index in [9.17, 15) is 19.5 Å². The van der Waals surface area contributed by atoms with Gasteiger partial charge in [-0.05, 0) is 39.0 Å². The molecule has 1 spiro atoms. The van der Waals surface area contributed by atoms with Gasteiger partial charge >= 0.3 is 5.97 Å². The lowest BCUT2D eigenvalue weighted by Crippen LogP contribution is -2.57. The predicted molar refractivity (Wildman–Crippen MR) is 129 cm³/mol. The van der Waals surface area contributed by atoms with E-state index in [0.717, 1.165) is 19.3 Å². The van der Waals surface area contributed by atoms with Crippen LogP contribution in [-0.4, -0.2) is 84.4 Å². The zero-order valence-corrected chi connectivity index (χ0v) is 21.3. The minimum Gasteiger partial charge on any atom is -0.481 e. The number of halogens is 1. The highest BCUT2D eigenvalue weighted by atomic mass is 79.9. The molecule has 0 aliphatic carbocycles. The molecule has 9 heteroatoms. The highest BCUT2D eigenvalue weighted by Gasteiger charge is 2.76. The normalized spacial score (nSPS) is 33.9. The van der Waals surface area contributed by atoms with Gasteiger partial charge in [0, 0.05) is 35.8 Å². The number of unbranched alkanes of at least 4 members (excludes halogenated alkanes) is 2. The van der Waals surface area contributed by atoms with Crippen LogP contribution in [-0.2, 0) is 14.4 Å². The number of likely N-dealkylation sites (tertiary alicyclic amines) is 1. The third-order valence-electron chi connectivity index (χ3n) is 7.21. The highest BCUT2D eigenvalue weighted by Crippen LogP contribution is 2.67. The molecule has 2 bridgehead atoms. The van der Waals surface area contributed by atoms with Gasteiger partial charge in [-0.15, -0.1) is 18.3 Å². The molecule has 4 unspecified atom stereocenters. The molecule has 0 aromatic rings. The second-order valence-corrected chi connectivity index (χ2v) is 12.0. The number of thioether (sulfide) groups is 1. The van der Waals surface area contributed by atoms with Crippen LogP contribution in [0, 0.1) is 11.8 Å². The fourth-order valence-corrected chi connectivity index (χ4v) is 9.46. The van der Waals surface area contributed by atoms with Gasteiger partial charge in [0.2, 0.25) is 11.8 Å². The molecule has 3 saturated heterocycles. The van der Waals surface area contributed by atoms with Crippen molar-refractivity contribution < 1.29 is 24.6 Å². The SMILES string of the molecule is C=CCN(C(=O)C1N(CCCCCO)C(=O)[C@@H]2[C@H](C(=O)O)[C@H]3SC12CC3Br)C(C)CCC. The number of aliphatic hydroxyl groups is 1. The van der Waals surface area contributed by atoms with Crippen molar-refractivity contribution in [1.82, 2.24) is 9.80 Å². The van der Waals surface area contributed by atoms with Crippen LogP contribution in [0.5, 0.6) is 0 Å². The first-order valence-corrected chi connectivity index (χ1v) is 13.4. The number of nitrogens with zero attached hydrogens (tertiary/aromatic N) is 2. The molecule has 3 aliphatic rings. The van der Waals surface area contributed by atoms with Gasteiger partial charge in [-0.25, -0.2) is 0 Å². The first kappa shape index (κ1) is 25.6. The summed E-state index contributed by atoms with van der Waals surface area (Å²) in [5.74, 6) is -2.71. The lowest BCUT2D eigenvalue weighted by molar-refractivity contribution is -0.148. The number of rotatable bonds is 12. The minimum absolute atomic E-state index is 0.00549. The number of hydrogen-bond acceptors (Lipinski definition) is 5. The van der Waals surface area contributed by atoms with E-state index in [1.165, 1.54) is 11.8 Å². The summed E-state index contributed by atoms with van der Waals surface area (Å²) in [6.07, 6.45) is 6.18. The number of aliphatic hydroxyl groups excluding tert-OH is 1. The number of carbonyl (C=O) groups is 3. The summed E-state index contributed by atoms with van der Waals surface area (Å²) in [7, 11) is 0. The maximum atomic E-state index is 14.1. The Balaban J connectivity index is 2.00. The van der Waals surface area contributed by atoms with Gasteiger partial charge < -0.3 is 20.0 Å². The Labute approximate surface area is 203 Å². The molecular weight excluding hydrogens is 496 g/mol. The van der Waals surface area contributed by atoms with Crippen LogP contribution < -0.4 is 0 Å². The molecule has 0 radical (unpaired) electrons. The fourth-order valence-electron chi connectivity index (χ4n) is 5.86. The molecule has 180 valence electrons. The molecule has 0 saturated carbocycles. The van der Waals surface area contributed by atoms with Crippen molar-refractivity contribution in [3.63, 3.8) is 0 Å². The van der Waals surface area contributed by atoms with E-state index in [-0.39, 0.29) is 34.5 Å². The third kappa shape index (κ3) is 4.25. The van der Waals surface area contributed by atoms with Crippen LogP contribution in [0.15, 0.2) is 12.7 Å². The van der Waals surface area contributed by atoms with Crippen molar-refractivity contribution in [2.24, 2.45) is 11.8 Å². The van der Waals surface area contributed by atoms with Crippen molar-refractivity contribution in [1.29, 1.82) is 0 Å². The Kier molecular flexibility index (Phi) is 8.36. The Morgan fingerprint density at radius 1 is 1.41 bits per heavy atom. The standard InChI is InChI=1S/C23H35BrN2O5S/c1-4-9-14(3)25(10-5-2)21(29)19-23-13-15(24)18(32-23)16(22(30)31)17(23)20(28)26(19)11-7-6-8-12-27/h5,14-19,27H,2,4,6-13H2,1,3H3,(H,30,31)/t14?,15?,16-,17-,18-,19?,23?/m0/s1. The van der Waals surface area contributed by atoms with E-state index in [4.69, 9.17) is 5.11 Å². The van der Waals surface area contributed by atoms with Gasteiger partial charge in [-0.3, -0.25) is 14.4 Å². The minimum atomic E-state index is -0.956. The number of carbonyl (C=O) groups excluding carboxylic acids is 2. The summed E-state index contributed by atoms with van der Waals surface area (Å²) in [5.41, 5.74) is 0. The monoisotopic (exact) mass is 530 g/mol. The summed E-state index contributed by atoms with van der Waals surface area (Å²) in [6.45, 7) is 8.83. The molecule has 3 aliphatic heterocycles. The van der Waals surface area contributed by atoms with E-state index in [1.54, 1.807) is 11.0 Å².